The van der Waals surface area contributed by atoms with Crippen molar-refractivity contribution in [1.82, 2.24) is 20.0 Å². The highest BCUT2D eigenvalue weighted by atomic mass is 16.5. The molecule has 0 saturated carbocycles. The summed E-state index contributed by atoms with van der Waals surface area (Å²) in [6.07, 6.45) is 3.85. The highest BCUT2D eigenvalue weighted by Crippen LogP contribution is 2.32. The number of carbonyl (C=O) groups is 3. The number of ether oxygens (including phenoxy) is 1. The van der Waals surface area contributed by atoms with Crippen LogP contribution in [0.15, 0.2) is 24.3 Å². The second kappa shape index (κ2) is 8.86. The number of urea groups is 1. The third kappa shape index (κ3) is 4.13. The molecule has 8 nitrogen and oxygen atoms in total. The van der Waals surface area contributed by atoms with Crippen molar-refractivity contribution in [2.24, 2.45) is 0 Å². The molecule has 1 spiro atoms. The summed E-state index contributed by atoms with van der Waals surface area (Å²) >= 11 is 0. The molecule has 0 aliphatic carbocycles. The topological polar surface area (TPSA) is 82.2 Å². The van der Waals surface area contributed by atoms with E-state index in [0.29, 0.717) is 37.2 Å². The summed E-state index contributed by atoms with van der Waals surface area (Å²) in [6, 6.07) is 6.48. The van der Waals surface area contributed by atoms with Gasteiger partial charge in [-0.2, -0.15) is 0 Å². The molecule has 0 unspecified atom stereocenters. The van der Waals surface area contributed by atoms with E-state index < -0.39 is 5.54 Å². The summed E-state index contributed by atoms with van der Waals surface area (Å²) in [7, 11) is 1.57. The number of imide groups is 1. The second-order valence-corrected chi connectivity index (χ2v) is 8.81. The zero-order valence-electron chi connectivity index (χ0n) is 18.4. The molecule has 4 rings (SSSR count). The van der Waals surface area contributed by atoms with Crippen molar-refractivity contribution >= 4 is 17.8 Å². The molecule has 0 radical (unpaired) electrons. The fraction of sp³-hybridized carbons (Fsp3) is 0.609. The Morgan fingerprint density at radius 2 is 2.00 bits per heavy atom. The predicted molar refractivity (Wildman–Crippen MR) is 116 cm³/mol. The SMILES string of the molecule is CCCN1CCC2(CC1)NC(=O)N([C@@H]1CCCN(C(=O)c3cccc(OC)c3)C1)C2=O. The van der Waals surface area contributed by atoms with Crippen LogP contribution in [0.5, 0.6) is 5.75 Å². The summed E-state index contributed by atoms with van der Waals surface area (Å²) in [5.74, 6) is 0.414. The first-order valence-electron chi connectivity index (χ1n) is 11.3. The molecule has 8 heteroatoms. The van der Waals surface area contributed by atoms with Gasteiger partial charge in [0, 0.05) is 31.7 Å². The summed E-state index contributed by atoms with van der Waals surface area (Å²) in [5.41, 5.74) is -0.225. The van der Waals surface area contributed by atoms with Gasteiger partial charge in [-0.05, 0) is 56.8 Å². The minimum atomic E-state index is -0.777. The minimum Gasteiger partial charge on any atom is -0.497 e. The molecule has 1 atom stereocenters. The van der Waals surface area contributed by atoms with Gasteiger partial charge in [0.05, 0.1) is 13.2 Å². The van der Waals surface area contributed by atoms with Gasteiger partial charge in [0.25, 0.3) is 11.8 Å². The van der Waals surface area contributed by atoms with Crippen LogP contribution in [0.1, 0.15) is 49.4 Å². The molecule has 31 heavy (non-hydrogen) atoms. The maximum Gasteiger partial charge on any atom is 0.325 e. The van der Waals surface area contributed by atoms with Gasteiger partial charge in [-0.25, -0.2) is 4.79 Å². The lowest BCUT2D eigenvalue weighted by Crippen LogP contribution is -2.56. The Kier molecular flexibility index (Phi) is 6.18. The fourth-order valence-corrected chi connectivity index (χ4v) is 5.07. The van der Waals surface area contributed by atoms with Gasteiger partial charge < -0.3 is 19.9 Å². The van der Waals surface area contributed by atoms with Gasteiger partial charge in [0.1, 0.15) is 11.3 Å². The van der Waals surface area contributed by atoms with E-state index >= 15 is 0 Å². The van der Waals surface area contributed by atoms with Crippen LogP contribution in [0.2, 0.25) is 0 Å². The summed E-state index contributed by atoms with van der Waals surface area (Å²) in [4.78, 5) is 44.8. The van der Waals surface area contributed by atoms with Crippen LogP contribution in [0.25, 0.3) is 0 Å². The lowest BCUT2D eigenvalue weighted by Gasteiger charge is -2.39. The first-order valence-corrected chi connectivity index (χ1v) is 11.3. The number of hydrogen-bond acceptors (Lipinski definition) is 5. The number of nitrogens with zero attached hydrogens (tertiary/aromatic N) is 3. The number of likely N-dealkylation sites (tertiary alicyclic amines) is 2. The Bertz CT molecular complexity index is 850. The van der Waals surface area contributed by atoms with Crippen molar-refractivity contribution in [2.75, 3.05) is 39.8 Å². The molecule has 3 saturated heterocycles. The fourth-order valence-electron chi connectivity index (χ4n) is 5.07. The number of rotatable bonds is 5. The number of benzene rings is 1. The molecule has 1 aromatic rings. The average Bonchev–Trinajstić information content (AvgIpc) is 3.04. The smallest absolute Gasteiger partial charge is 0.325 e. The summed E-state index contributed by atoms with van der Waals surface area (Å²) in [5, 5.41) is 3.01. The molecule has 168 valence electrons. The highest BCUT2D eigenvalue weighted by molar-refractivity contribution is 6.07. The van der Waals surface area contributed by atoms with Crippen LogP contribution in [0, 0.1) is 0 Å². The van der Waals surface area contributed by atoms with E-state index in [1.54, 1.807) is 36.3 Å². The van der Waals surface area contributed by atoms with Gasteiger partial charge in [0.2, 0.25) is 0 Å². The molecular weight excluding hydrogens is 396 g/mol. The van der Waals surface area contributed by atoms with Gasteiger partial charge in [-0.15, -0.1) is 0 Å². The molecule has 1 N–H and O–H groups in total. The minimum absolute atomic E-state index is 0.0989. The quantitative estimate of drug-likeness (QED) is 0.727. The van der Waals surface area contributed by atoms with Crippen molar-refractivity contribution in [2.45, 2.75) is 50.6 Å². The monoisotopic (exact) mass is 428 g/mol. The second-order valence-electron chi connectivity index (χ2n) is 8.81. The van der Waals surface area contributed by atoms with Crippen LogP contribution >= 0.6 is 0 Å². The Hall–Kier alpha value is -2.61. The molecule has 0 aromatic heterocycles. The molecule has 3 aliphatic heterocycles. The third-order valence-electron chi connectivity index (χ3n) is 6.81. The Balaban J connectivity index is 1.45. The van der Waals surface area contributed by atoms with Crippen LogP contribution in [-0.2, 0) is 4.79 Å². The van der Waals surface area contributed by atoms with Crippen LogP contribution in [0.4, 0.5) is 4.79 Å². The zero-order valence-corrected chi connectivity index (χ0v) is 18.4. The van der Waals surface area contributed by atoms with Crippen molar-refractivity contribution in [1.29, 1.82) is 0 Å². The molecule has 3 aliphatic rings. The molecule has 3 heterocycles. The number of amides is 4. The summed E-state index contributed by atoms with van der Waals surface area (Å²) < 4.78 is 5.23. The van der Waals surface area contributed by atoms with E-state index in [1.807, 2.05) is 0 Å². The number of carbonyl (C=O) groups excluding carboxylic acids is 3. The van der Waals surface area contributed by atoms with Gasteiger partial charge in [-0.3, -0.25) is 14.5 Å². The van der Waals surface area contributed by atoms with Gasteiger partial charge >= 0.3 is 6.03 Å². The Morgan fingerprint density at radius 3 is 2.71 bits per heavy atom. The lowest BCUT2D eigenvalue weighted by atomic mass is 9.87. The molecule has 4 amide bonds. The van der Waals surface area contributed by atoms with Gasteiger partial charge in [-0.1, -0.05) is 13.0 Å². The van der Waals surface area contributed by atoms with E-state index in [4.69, 9.17) is 4.74 Å². The molecule has 3 fully saturated rings. The maximum atomic E-state index is 13.4. The van der Waals surface area contributed by atoms with E-state index in [9.17, 15) is 14.4 Å². The molecular formula is C23H32N4O4. The van der Waals surface area contributed by atoms with Crippen LogP contribution in [0.3, 0.4) is 0 Å². The predicted octanol–water partition coefficient (Wildman–Crippen LogP) is 2.10. The summed E-state index contributed by atoms with van der Waals surface area (Å²) in [6.45, 7) is 5.79. The van der Waals surface area contributed by atoms with Crippen molar-refractivity contribution < 1.29 is 19.1 Å². The van der Waals surface area contributed by atoms with Gasteiger partial charge in [0.15, 0.2) is 0 Å². The average molecular weight is 429 g/mol. The zero-order chi connectivity index (χ0) is 22.0. The number of nitrogens with one attached hydrogen (secondary N) is 1. The van der Waals surface area contributed by atoms with E-state index in [1.165, 1.54) is 4.90 Å². The molecule has 0 bridgehead atoms. The van der Waals surface area contributed by atoms with Crippen LogP contribution in [-0.4, -0.2) is 84.0 Å². The first kappa shape index (κ1) is 21.6. The third-order valence-corrected chi connectivity index (χ3v) is 6.81. The van der Waals surface area contributed by atoms with Crippen molar-refractivity contribution in [3.8, 4) is 5.75 Å². The highest BCUT2D eigenvalue weighted by Gasteiger charge is 2.54. The Morgan fingerprint density at radius 1 is 1.23 bits per heavy atom. The number of hydrogen-bond donors (Lipinski definition) is 1. The maximum absolute atomic E-state index is 13.4. The molecule has 1 aromatic carbocycles. The normalized spacial score (nSPS) is 23.9. The van der Waals surface area contributed by atoms with E-state index in [-0.39, 0.29) is 23.9 Å². The first-order chi connectivity index (χ1) is 15.0. The van der Waals surface area contributed by atoms with E-state index in [2.05, 4.69) is 17.1 Å². The Labute approximate surface area is 183 Å². The number of methoxy groups -OCH3 is 1. The van der Waals surface area contributed by atoms with Crippen molar-refractivity contribution in [3.63, 3.8) is 0 Å². The van der Waals surface area contributed by atoms with Crippen molar-refractivity contribution in [3.05, 3.63) is 29.8 Å². The lowest BCUT2D eigenvalue weighted by molar-refractivity contribution is -0.135. The number of piperidine rings is 2. The standard InChI is InChI=1S/C23H32N4O4/c1-3-11-25-13-9-23(10-14-25)21(29)27(22(30)24-23)18-7-5-12-26(16-18)20(28)17-6-4-8-19(15-17)31-2/h4,6,8,15,18H,3,5,7,9-14,16H2,1-2H3,(H,24,30)/t18-/m1/s1. The van der Waals surface area contributed by atoms with E-state index in [0.717, 1.165) is 38.9 Å². The largest absolute Gasteiger partial charge is 0.497 e. The van der Waals surface area contributed by atoms with Crippen LogP contribution < -0.4 is 10.1 Å².